The molecule has 0 bridgehead atoms. The summed E-state index contributed by atoms with van der Waals surface area (Å²) >= 11 is 0. The molecule has 0 unspecified atom stereocenters. The van der Waals surface area contributed by atoms with Gasteiger partial charge in [-0.3, -0.25) is 4.79 Å². The number of carbonyl (C=O) groups is 2. The molecular formula is C19H18F3N3O5S. The largest absolute Gasteiger partial charge is 0.464 e. The van der Waals surface area contributed by atoms with Crippen molar-refractivity contribution in [3.8, 4) is 0 Å². The lowest BCUT2D eigenvalue weighted by molar-refractivity contribution is -0.137. The molecule has 1 saturated heterocycles. The van der Waals surface area contributed by atoms with E-state index >= 15 is 0 Å². The Morgan fingerprint density at radius 1 is 1.00 bits per heavy atom. The number of esters is 1. The minimum absolute atomic E-state index is 0.00270. The predicted molar refractivity (Wildman–Crippen MR) is 102 cm³/mol. The molecule has 0 radical (unpaired) electrons. The Morgan fingerprint density at radius 2 is 1.61 bits per heavy atom. The molecule has 2 aromatic rings. The molecular weight excluding hydrogens is 439 g/mol. The van der Waals surface area contributed by atoms with Gasteiger partial charge in [0.2, 0.25) is 10.0 Å². The lowest BCUT2D eigenvalue weighted by atomic mass is 10.2. The zero-order valence-electron chi connectivity index (χ0n) is 16.3. The van der Waals surface area contributed by atoms with Crippen molar-refractivity contribution in [1.29, 1.82) is 0 Å². The van der Waals surface area contributed by atoms with Gasteiger partial charge in [-0.05, 0) is 30.3 Å². The molecule has 12 heteroatoms. The number of amides is 1. The number of carbonyl (C=O) groups excluding carboxylic acids is 2. The van der Waals surface area contributed by atoms with E-state index in [0.29, 0.717) is 6.07 Å². The Morgan fingerprint density at radius 3 is 2.23 bits per heavy atom. The number of alkyl halides is 3. The number of hydrogen-bond acceptors (Lipinski definition) is 6. The Kier molecular flexibility index (Phi) is 6.32. The van der Waals surface area contributed by atoms with Gasteiger partial charge < -0.3 is 9.64 Å². The molecule has 1 fully saturated rings. The molecule has 31 heavy (non-hydrogen) atoms. The van der Waals surface area contributed by atoms with Crippen molar-refractivity contribution >= 4 is 21.9 Å². The van der Waals surface area contributed by atoms with Crippen molar-refractivity contribution in [2.75, 3.05) is 33.3 Å². The fourth-order valence-corrected chi connectivity index (χ4v) is 4.52. The number of ether oxygens (including phenoxy) is 1. The standard InChI is InChI=1S/C19H18F3N3O5S/c1-30-18(27)16-7-3-6-15(23-16)17(26)24-8-10-25(11-9-24)31(28,29)14-5-2-4-13(12-14)19(20,21)22/h2-7,12H,8-11H2,1H3. The van der Waals surface area contributed by atoms with Gasteiger partial charge in [0.05, 0.1) is 17.6 Å². The molecule has 3 rings (SSSR count). The third-order valence-electron chi connectivity index (χ3n) is 4.69. The maximum absolute atomic E-state index is 12.9. The normalized spacial score (nSPS) is 15.5. The van der Waals surface area contributed by atoms with Gasteiger partial charge in [-0.15, -0.1) is 0 Å². The second kappa shape index (κ2) is 8.63. The molecule has 0 atom stereocenters. The summed E-state index contributed by atoms with van der Waals surface area (Å²) in [6, 6.07) is 7.81. The number of aromatic nitrogens is 1. The fourth-order valence-electron chi connectivity index (χ4n) is 3.05. The first-order valence-corrected chi connectivity index (χ1v) is 10.5. The van der Waals surface area contributed by atoms with Crippen LogP contribution in [0.15, 0.2) is 47.4 Å². The van der Waals surface area contributed by atoms with Crippen LogP contribution in [0.25, 0.3) is 0 Å². The van der Waals surface area contributed by atoms with Crippen LogP contribution in [0.5, 0.6) is 0 Å². The highest BCUT2D eigenvalue weighted by atomic mass is 32.2. The van der Waals surface area contributed by atoms with Gasteiger partial charge in [0.25, 0.3) is 5.91 Å². The summed E-state index contributed by atoms with van der Waals surface area (Å²) in [7, 11) is -2.98. The summed E-state index contributed by atoms with van der Waals surface area (Å²) < 4.78 is 69.9. The van der Waals surface area contributed by atoms with E-state index in [4.69, 9.17) is 0 Å². The summed E-state index contributed by atoms with van der Waals surface area (Å²) in [6.07, 6.45) is -4.66. The summed E-state index contributed by atoms with van der Waals surface area (Å²) in [5.41, 5.74) is -1.10. The first-order valence-electron chi connectivity index (χ1n) is 9.06. The summed E-state index contributed by atoms with van der Waals surface area (Å²) in [4.78, 5) is 29.1. The maximum Gasteiger partial charge on any atom is 0.416 e. The Hall–Kier alpha value is -2.99. The number of hydrogen-bond donors (Lipinski definition) is 0. The molecule has 8 nitrogen and oxygen atoms in total. The predicted octanol–water partition coefficient (Wildman–Crippen LogP) is 2.03. The van der Waals surface area contributed by atoms with E-state index in [1.54, 1.807) is 0 Å². The van der Waals surface area contributed by atoms with Crippen molar-refractivity contribution < 1.29 is 35.9 Å². The van der Waals surface area contributed by atoms with Crippen molar-refractivity contribution in [2.45, 2.75) is 11.1 Å². The topological polar surface area (TPSA) is 96.9 Å². The van der Waals surface area contributed by atoms with Gasteiger partial charge in [0.15, 0.2) is 0 Å². The third kappa shape index (κ3) is 4.85. The van der Waals surface area contributed by atoms with Gasteiger partial charge in [0.1, 0.15) is 11.4 Å². The molecule has 0 saturated carbocycles. The maximum atomic E-state index is 12.9. The molecule has 1 aromatic heterocycles. The van der Waals surface area contributed by atoms with E-state index in [-0.39, 0.29) is 37.6 Å². The molecule has 166 valence electrons. The van der Waals surface area contributed by atoms with Gasteiger partial charge in [-0.1, -0.05) is 12.1 Å². The van der Waals surface area contributed by atoms with Crippen LogP contribution < -0.4 is 0 Å². The van der Waals surface area contributed by atoms with Gasteiger partial charge in [-0.2, -0.15) is 17.5 Å². The SMILES string of the molecule is COC(=O)c1cccc(C(=O)N2CCN(S(=O)(=O)c3cccc(C(F)(F)F)c3)CC2)n1. The van der Waals surface area contributed by atoms with E-state index in [1.807, 2.05) is 0 Å². The van der Waals surface area contributed by atoms with Crippen molar-refractivity contribution in [2.24, 2.45) is 0 Å². The average molecular weight is 457 g/mol. The smallest absolute Gasteiger partial charge is 0.416 e. The Balaban J connectivity index is 1.72. The van der Waals surface area contributed by atoms with Crippen LogP contribution in [0.1, 0.15) is 26.5 Å². The van der Waals surface area contributed by atoms with Gasteiger partial charge in [-0.25, -0.2) is 18.2 Å². The highest BCUT2D eigenvalue weighted by Gasteiger charge is 2.34. The molecule has 1 aliphatic heterocycles. The monoisotopic (exact) mass is 457 g/mol. The fraction of sp³-hybridized carbons (Fsp3) is 0.316. The second-order valence-corrected chi connectivity index (χ2v) is 8.56. The lowest BCUT2D eigenvalue weighted by Crippen LogP contribution is -2.50. The molecule has 1 amide bonds. The van der Waals surface area contributed by atoms with E-state index < -0.39 is 38.5 Å². The van der Waals surface area contributed by atoms with Gasteiger partial charge >= 0.3 is 12.1 Å². The van der Waals surface area contributed by atoms with Crippen LogP contribution in [0, 0.1) is 0 Å². The number of benzene rings is 1. The Bertz CT molecular complexity index is 1100. The molecule has 0 aliphatic carbocycles. The van der Waals surface area contributed by atoms with Crippen LogP contribution >= 0.6 is 0 Å². The van der Waals surface area contributed by atoms with Crippen LogP contribution in [0.4, 0.5) is 13.2 Å². The number of methoxy groups -OCH3 is 1. The van der Waals surface area contributed by atoms with Crippen LogP contribution in [-0.2, 0) is 20.9 Å². The number of rotatable bonds is 4. The number of piperazine rings is 1. The molecule has 0 spiro atoms. The summed E-state index contributed by atoms with van der Waals surface area (Å²) in [5, 5.41) is 0. The minimum atomic E-state index is -4.66. The average Bonchev–Trinajstić information content (AvgIpc) is 2.77. The van der Waals surface area contributed by atoms with Crippen molar-refractivity contribution in [3.05, 3.63) is 59.4 Å². The number of pyridine rings is 1. The zero-order chi connectivity index (χ0) is 22.8. The van der Waals surface area contributed by atoms with E-state index in [2.05, 4.69) is 9.72 Å². The highest BCUT2D eigenvalue weighted by molar-refractivity contribution is 7.89. The lowest BCUT2D eigenvalue weighted by Gasteiger charge is -2.34. The quantitative estimate of drug-likeness (QED) is 0.652. The summed E-state index contributed by atoms with van der Waals surface area (Å²) in [5.74, 6) is -1.20. The van der Waals surface area contributed by atoms with Gasteiger partial charge in [0, 0.05) is 26.2 Å². The second-order valence-electron chi connectivity index (χ2n) is 6.62. The van der Waals surface area contributed by atoms with Crippen LogP contribution in [0.2, 0.25) is 0 Å². The van der Waals surface area contributed by atoms with E-state index in [0.717, 1.165) is 22.5 Å². The third-order valence-corrected chi connectivity index (χ3v) is 6.58. The van der Waals surface area contributed by atoms with Crippen molar-refractivity contribution in [1.82, 2.24) is 14.2 Å². The highest BCUT2D eigenvalue weighted by Crippen LogP contribution is 2.31. The van der Waals surface area contributed by atoms with Crippen LogP contribution in [-0.4, -0.2) is 67.8 Å². The molecule has 2 heterocycles. The molecule has 1 aliphatic rings. The van der Waals surface area contributed by atoms with E-state index in [1.165, 1.54) is 30.2 Å². The van der Waals surface area contributed by atoms with Crippen molar-refractivity contribution in [3.63, 3.8) is 0 Å². The van der Waals surface area contributed by atoms with Crippen LogP contribution in [0.3, 0.4) is 0 Å². The number of sulfonamides is 1. The zero-order valence-corrected chi connectivity index (χ0v) is 17.1. The Labute approximate surface area is 176 Å². The van der Waals surface area contributed by atoms with E-state index in [9.17, 15) is 31.2 Å². The summed E-state index contributed by atoms with van der Waals surface area (Å²) in [6.45, 7) is -0.162. The number of halogens is 3. The number of nitrogens with zero attached hydrogens (tertiary/aromatic N) is 3. The first-order chi connectivity index (χ1) is 14.5. The first kappa shape index (κ1) is 22.7. The molecule has 0 N–H and O–H groups in total. The molecule has 1 aromatic carbocycles. The minimum Gasteiger partial charge on any atom is -0.464 e.